The van der Waals surface area contributed by atoms with Gasteiger partial charge in [0, 0.05) is 18.8 Å². The Kier molecular flexibility index (Phi) is 5.43. The standard InChI is InChI=1S/C24H29N/c1-5-6-11-18(2)23-21(20-12-8-7-9-13-20)14-10-15-22(23)24-19(3)16-17-25(24)4/h5-6,8,10,12-18H,7,9,11H2,1-4H3. The molecule has 0 fully saturated rings. The molecule has 1 aliphatic carbocycles. The summed E-state index contributed by atoms with van der Waals surface area (Å²) >= 11 is 0. The van der Waals surface area contributed by atoms with Crippen molar-refractivity contribution in [3.63, 3.8) is 0 Å². The van der Waals surface area contributed by atoms with Crippen LogP contribution in [0.15, 0.2) is 60.8 Å². The summed E-state index contributed by atoms with van der Waals surface area (Å²) in [7, 11) is 2.15. The second kappa shape index (κ2) is 7.74. The molecule has 0 saturated heterocycles. The first-order valence-corrected chi connectivity index (χ1v) is 9.37. The van der Waals surface area contributed by atoms with Gasteiger partial charge in [-0.25, -0.2) is 0 Å². The molecule has 0 saturated carbocycles. The van der Waals surface area contributed by atoms with Crippen molar-refractivity contribution in [2.24, 2.45) is 7.05 Å². The Hall–Kier alpha value is -2.28. The number of allylic oxidation sites excluding steroid dienone is 6. The first kappa shape index (κ1) is 17.5. The Balaban J connectivity index is 2.21. The Morgan fingerprint density at radius 2 is 1.96 bits per heavy atom. The van der Waals surface area contributed by atoms with E-state index in [1.807, 2.05) is 0 Å². The van der Waals surface area contributed by atoms with Gasteiger partial charge in [-0.05, 0) is 67.4 Å². The van der Waals surface area contributed by atoms with E-state index in [0.717, 1.165) is 19.3 Å². The topological polar surface area (TPSA) is 4.93 Å². The first-order valence-electron chi connectivity index (χ1n) is 9.37. The smallest absolute Gasteiger partial charge is 0.0510 e. The van der Waals surface area contributed by atoms with Crippen LogP contribution in [0, 0.1) is 6.92 Å². The minimum absolute atomic E-state index is 0.480. The third kappa shape index (κ3) is 3.56. The van der Waals surface area contributed by atoms with Crippen LogP contribution < -0.4 is 0 Å². The summed E-state index contributed by atoms with van der Waals surface area (Å²) in [6.07, 6.45) is 17.0. The Morgan fingerprint density at radius 1 is 1.16 bits per heavy atom. The molecule has 0 radical (unpaired) electrons. The van der Waals surface area contributed by atoms with E-state index in [9.17, 15) is 0 Å². The van der Waals surface area contributed by atoms with Gasteiger partial charge in [0.15, 0.2) is 0 Å². The molecule has 2 aromatic rings. The maximum atomic E-state index is 2.39. The van der Waals surface area contributed by atoms with Gasteiger partial charge in [-0.3, -0.25) is 0 Å². The van der Waals surface area contributed by atoms with Crippen molar-refractivity contribution in [2.45, 2.75) is 46.0 Å². The third-order valence-corrected chi connectivity index (χ3v) is 5.16. The van der Waals surface area contributed by atoms with E-state index in [4.69, 9.17) is 0 Å². The highest BCUT2D eigenvalue weighted by Crippen LogP contribution is 2.39. The molecule has 0 spiro atoms. The van der Waals surface area contributed by atoms with Crippen LogP contribution in [-0.4, -0.2) is 4.57 Å². The molecule has 1 unspecified atom stereocenters. The van der Waals surface area contributed by atoms with E-state index in [1.54, 1.807) is 0 Å². The fourth-order valence-electron chi connectivity index (χ4n) is 3.88. The maximum absolute atomic E-state index is 2.39. The maximum Gasteiger partial charge on any atom is 0.0510 e. The van der Waals surface area contributed by atoms with Gasteiger partial charge >= 0.3 is 0 Å². The van der Waals surface area contributed by atoms with Crippen LogP contribution >= 0.6 is 0 Å². The van der Waals surface area contributed by atoms with Crippen LogP contribution in [0.3, 0.4) is 0 Å². The van der Waals surface area contributed by atoms with Gasteiger partial charge in [-0.2, -0.15) is 0 Å². The molecule has 1 atom stereocenters. The van der Waals surface area contributed by atoms with Crippen LogP contribution in [0.4, 0.5) is 0 Å². The molecule has 1 nitrogen and oxygen atoms in total. The van der Waals surface area contributed by atoms with Gasteiger partial charge in [-0.1, -0.05) is 55.5 Å². The van der Waals surface area contributed by atoms with Gasteiger partial charge in [0.2, 0.25) is 0 Å². The Labute approximate surface area is 152 Å². The van der Waals surface area contributed by atoms with E-state index in [1.165, 1.54) is 33.5 Å². The van der Waals surface area contributed by atoms with Gasteiger partial charge in [-0.15, -0.1) is 0 Å². The van der Waals surface area contributed by atoms with Crippen molar-refractivity contribution in [2.75, 3.05) is 0 Å². The van der Waals surface area contributed by atoms with Gasteiger partial charge < -0.3 is 4.57 Å². The van der Waals surface area contributed by atoms with Crippen LogP contribution in [-0.2, 0) is 7.05 Å². The lowest BCUT2D eigenvalue weighted by molar-refractivity contribution is 0.776. The lowest BCUT2D eigenvalue weighted by Gasteiger charge is -2.22. The van der Waals surface area contributed by atoms with Crippen molar-refractivity contribution in [3.8, 4) is 11.3 Å². The molecule has 1 aliphatic rings. The molecule has 1 heteroatoms. The zero-order valence-electron chi connectivity index (χ0n) is 15.9. The summed E-state index contributed by atoms with van der Waals surface area (Å²) < 4.78 is 2.26. The minimum atomic E-state index is 0.480. The number of nitrogens with zero attached hydrogens (tertiary/aromatic N) is 1. The molecule has 0 N–H and O–H groups in total. The lowest BCUT2D eigenvalue weighted by Crippen LogP contribution is -2.04. The summed E-state index contributed by atoms with van der Waals surface area (Å²) in [6.45, 7) is 6.67. The van der Waals surface area contributed by atoms with Crippen molar-refractivity contribution in [1.82, 2.24) is 4.57 Å². The van der Waals surface area contributed by atoms with Crippen LogP contribution in [0.1, 0.15) is 55.7 Å². The summed E-state index contributed by atoms with van der Waals surface area (Å²) in [5.41, 5.74) is 8.30. The number of rotatable bonds is 5. The fraction of sp³-hybridized carbons (Fsp3) is 0.333. The molecule has 130 valence electrons. The normalized spacial score (nSPS) is 15.6. The number of aromatic nitrogens is 1. The molecule has 1 heterocycles. The highest BCUT2D eigenvalue weighted by molar-refractivity contribution is 5.82. The summed E-state index contributed by atoms with van der Waals surface area (Å²) in [5.74, 6) is 0.480. The molecule has 0 bridgehead atoms. The zero-order chi connectivity index (χ0) is 17.8. The quantitative estimate of drug-likeness (QED) is 0.531. The summed E-state index contributed by atoms with van der Waals surface area (Å²) in [6, 6.07) is 9.01. The largest absolute Gasteiger partial charge is 0.350 e. The number of hydrogen-bond donors (Lipinski definition) is 0. The van der Waals surface area contributed by atoms with E-state index in [2.05, 4.69) is 93.2 Å². The lowest BCUT2D eigenvalue weighted by atomic mass is 9.83. The second-order valence-corrected chi connectivity index (χ2v) is 7.07. The molecule has 0 aliphatic heterocycles. The van der Waals surface area contributed by atoms with Crippen molar-refractivity contribution in [1.29, 1.82) is 0 Å². The Morgan fingerprint density at radius 3 is 2.60 bits per heavy atom. The molecule has 1 aromatic carbocycles. The van der Waals surface area contributed by atoms with E-state index in [-0.39, 0.29) is 0 Å². The minimum Gasteiger partial charge on any atom is -0.350 e. The summed E-state index contributed by atoms with van der Waals surface area (Å²) in [5, 5.41) is 0. The van der Waals surface area contributed by atoms with Gasteiger partial charge in [0.1, 0.15) is 0 Å². The van der Waals surface area contributed by atoms with Crippen molar-refractivity contribution in [3.05, 3.63) is 77.5 Å². The Bertz CT molecular complexity index is 810. The highest BCUT2D eigenvalue weighted by Gasteiger charge is 2.20. The van der Waals surface area contributed by atoms with E-state index < -0.39 is 0 Å². The number of benzene rings is 1. The van der Waals surface area contributed by atoms with Crippen molar-refractivity contribution < 1.29 is 0 Å². The fourth-order valence-corrected chi connectivity index (χ4v) is 3.88. The average Bonchev–Trinajstić information content (AvgIpc) is 2.98. The highest BCUT2D eigenvalue weighted by atomic mass is 14.9. The predicted octanol–water partition coefficient (Wildman–Crippen LogP) is 6.80. The van der Waals surface area contributed by atoms with Crippen molar-refractivity contribution >= 4 is 5.57 Å². The molecule has 1 aromatic heterocycles. The molecule has 25 heavy (non-hydrogen) atoms. The number of hydrogen-bond acceptors (Lipinski definition) is 0. The zero-order valence-corrected chi connectivity index (χ0v) is 15.9. The molecular formula is C24H29N. The van der Waals surface area contributed by atoms with Crippen LogP contribution in [0.25, 0.3) is 16.8 Å². The first-order chi connectivity index (χ1) is 12.1. The molecule has 0 amide bonds. The third-order valence-electron chi connectivity index (χ3n) is 5.16. The monoisotopic (exact) mass is 331 g/mol. The SMILES string of the molecule is CC=CCC(C)c1c(C2=CCCC=C2)cccc1-c1c(C)ccn1C. The van der Waals surface area contributed by atoms with Gasteiger partial charge in [0.25, 0.3) is 0 Å². The summed E-state index contributed by atoms with van der Waals surface area (Å²) in [4.78, 5) is 0. The molecule has 3 rings (SSSR count). The van der Waals surface area contributed by atoms with Crippen LogP contribution in [0.2, 0.25) is 0 Å². The number of aryl methyl sites for hydroxylation is 2. The predicted molar refractivity (Wildman–Crippen MR) is 110 cm³/mol. The second-order valence-electron chi connectivity index (χ2n) is 7.07. The van der Waals surface area contributed by atoms with Crippen LogP contribution in [0.5, 0.6) is 0 Å². The molecular weight excluding hydrogens is 302 g/mol. The van der Waals surface area contributed by atoms with E-state index in [0.29, 0.717) is 5.92 Å². The van der Waals surface area contributed by atoms with Gasteiger partial charge in [0.05, 0.1) is 5.69 Å². The average molecular weight is 332 g/mol. The van der Waals surface area contributed by atoms with E-state index >= 15 is 0 Å².